The summed E-state index contributed by atoms with van der Waals surface area (Å²) in [6.45, 7) is 3.96. The molecule has 1 aliphatic carbocycles. The lowest BCUT2D eigenvalue weighted by Crippen LogP contribution is -2.53. The Bertz CT molecular complexity index is 687. The van der Waals surface area contributed by atoms with Crippen LogP contribution in [0.25, 0.3) is 0 Å². The average molecular weight is 436 g/mol. The van der Waals surface area contributed by atoms with E-state index in [-0.39, 0.29) is 30.8 Å². The van der Waals surface area contributed by atoms with E-state index in [0.29, 0.717) is 25.7 Å². The van der Waals surface area contributed by atoms with Crippen molar-refractivity contribution in [2.75, 3.05) is 39.5 Å². The summed E-state index contributed by atoms with van der Waals surface area (Å²) in [4.78, 5) is 14.5. The summed E-state index contributed by atoms with van der Waals surface area (Å²) in [5.41, 5.74) is 1.13. The van der Waals surface area contributed by atoms with Gasteiger partial charge in [0.2, 0.25) is 5.91 Å². The number of aliphatic hydroxyl groups excluding tert-OH is 1. The Labute approximate surface area is 184 Å². The minimum atomic E-state index is -0.360. The molecule has 3 fully saturated rings. The van der Waals surface area contributed by atoms with Gasteiger partial charge in [0, 0.05) is 31.7 Å². The molecule has 3 atom stereocenters. The molecule has 2 saturated heterocycles. The fourth-order valence-corrected chi connectivity index (χ4v) is 5.01. The highest BCUT2D eigenvalue weighted by Crippen LogP contribution is 2.31. The number of aryl methyl sites for hydroxylation is 1. The Kier molecular flexibility index (Phi) is 8.29. The van der Waals surface area contributed by atoms with Crippen molar-refractivity contribution in [3.63, 3.8) is 0 Å². The number of nitrogens with zero attached hydrogens (tertiary/aromatic N) is 4. The Balaban J connectivity index is 1.20. The molecule has 1 saturated carbocycles. The van der Waals surface area contributed by atoms with Gasteiger partial charge in [-0.05, 0) is 32.1 Å². The number of carbonyl (C=O) groups excluding carboxylic acids is 1. The summed E-state index contributed by atoms with van der Waals surface area (Å²) in [5, 5.41) is 21.6. The zero-order chi connectivity index (χ0) is 21.5. The smallest absolute Gasteiger partial charge is 0.234 e. The second-order valence-corrected chi connectivity index (χ2v) is 9.15. The predicted octanol–water partition coefficient (Wildman–Crippen LogP) is 1.07. The molecule has 9 heteroatoms. The second kappa shape index (κ2) is 11.4. The first-order chi connectivity index (χ1) is 15.2. The SMILES string of the molecule is O=C(CN1CCOCC1)N[C@H]1CC[C@@H](CCn2cc(C3CCCCC3)nn2)O[C@@H]1CO. The molecule has 31 heavy (non-hydrogen) atoms. The fourth-order valence-electron chi connectivity index (χ4n) is 5.01. The van der Waals surface area contributed by atoms with E-state index in [1.165, 1.54) is 32.1 Å². The Morgan fingerprint density at radius 3 is 2.74 bits per heavy atom. The largest absolute Gasteiger partial charge is 0.394 e. The van der Waals surface area contributed by atoms with E-state index in [4.69, 9.17) is 9.47 Å². The molecule has 174 valence electrons. The van der Waals surface area contributed by atoms with Crippen molar-refractivity contribution in [2.45, 2.75) is 82.1 Å². The molecule has 1 aromatic heterocycles. The lowest BCUT2D eigenvalue weighted by atomic mass is 9.87. The van der Waals surface area contributed by atoms with E-state index in [9.17, 15) is 9.90 Å². The van der Waals surface area contributed by atoms with Gasteiger partial charge in [0.1, 0.15) is 6.10 Å². The van der Waals surface area contributed by atoms with Crippen molar-refractivity contribution in [2.24, 2.45) is 0 Å². The number of hydrogen-bond acceptors (Lipinski definition) is 7. The summed E-state index contributed by atoms with van der Waals surface area (Å²) in [7, 11) is 0. The zero-order valence-corrected chi connectivity index (χ0v) is 18.5. The normalized spacial score (nSPS) is 28.5. The lowest BCUT2D eigenvalue weighted by Gasteiger charge is -2.36. The van der Waals surface area contributed by atoms with Crippen molar-refractivity contribution in [1.29, 1.82) is 0 Å². The molecule has 4 rings (SSSR count). The van der Waals surface area contributed by atoms with E-state index in [1.807, 2.05) is 4.68 Å². The quantitative estimate of drug-likeness (QED) is 0.630. The van der Waals surface area contributed by atoms with Crippen LogP contribution in [0.5, 0.6) is 0 Å². The number of aliphatic hydroxyl groups is 1. The van der Waals surface area contributed by atoms with Crippen LogP contribution in [0.2, 0.25) is 0 Å². The molecule has 2 N–H and O–H groups in total. The maximum atomic E-state index is 12.4. The highest BCUT2D eigenvalue weighted by atomic mass is 16.5. The topological polar surface area (TPSA) is 102 Å². The lowest BCUT2D eigenvalue weighted by molar-refractivity contribution is -0.130. The van der Waals surface area contributed by atoms with E-state index < -0.39 is 0 Å². The number of morpholine rings is 1. The molecular weight excluding hydrogens is 398 g/mol. The Hall–Kier alpha value is -1.55. The Morgan fingerprint density at radius 1 is 1.16 bits per heavy atom. The number of amides is 1. The number of aromatic nitrogens is 3. The van der Waals surface area contributed by atoms with Gasteiger partial charge in [-0.3, -0.25) is 14.4 Å². The average Bonchev–Trinajstić information content (AvgIpc) is 3.29. The monoisotopic (exact) mass is 435 g/mol. The first-order valence-corrected chi connectivity index (χ1v) is 12.0. The maximum Gasteiger partial charge on any atom is 0.234 e. The predicted molar refractivity (Wildman–Crippen MR) is 115 cm³/mol. The molecule has 1 aromatic rings. The number of hydrogen-bond donors (Lipinski definition) is 2. The van der Waals surface area contributed by atoms with Crippen LogP contribution in [0.1, 0.15) is 63.0 Å². The molecule has 9 nitrogen and oxygen atoms in total. The van der Waals surface area contributed by atoms with Crippen molar-refractivity contribution < 1.29 is 19.4 Å². The first-order valence-electron chi connectivity index (χ1n) is 12.0. The van der Waals surface area contributed by atoms with Crippen LogP contribution in [0.4, 0.5) is 0 Å². The minimum Gasteiger partial charge on any atom is -0.394 e. The van der Waals surface area contributed by atoms with Gasteiger partial charge < -0.3 is 19.9 Å². The second-order valence-electron chi connectivity index (χ2n) is 9.15. The highest BCUT2D eigenvalue weighted by molar-refractivity contribution is 5.78. The highest BCUT2D eigenvalue weighted by Gasteiger charge is 2.32. The summed E-state index contributed by atoms with van der Waals surface area (Å²) in [5.74, 6) is 0.555. The molecule has 0 unspecified atom stereocenters. The van der Waals surface area contributed by atoms with Crippen LogP contribution in [0, 0.1) is 0 Å². The van der Waals surface area contributed by atoms with Crippen molar-refractivity contribution in [3.8, 4) is 0 Å². The van der Waals surface area contributed by atoms with E-state index >= 15 is 0 Å². The summed E-state index contributed by atoms with van der Waals surface area (Å²) in [6, 6.07) is -0.140. The number of nitrogens with one attached hydrogen (secondary N) is 1. The zero-order valence-electron chi connectivity index (χ0n) is 18.5. The van der Waals surface area contributed by atoms with E-state index in [1.54, 1.807) is 0 Å². The number of ether oxygens (including phenoxy) is 2. The summed E-state index contributed by atoms with van der Waals surface area (Å²) in [6.07, 6.45) is 10.7. The van der Waals surface area contributed by atoms with Gasteiger partial charge in [-0.15, -0.1) is 5.10 Å². The molecule has 0 aromatic carbocycles. The van der Waals surface area contributed by atoms with Crippen LogP contribution in [-0.2, 0) is 20.8 Å². The molecule has 0 spiro atoms. The molecular formula is C22H37N5O4. The summed E-state index contributed by atoms with van der Waals surface area (Å²) >= 11 is 0. The summed E-state index contributed by atoms with van der Waals surface area (Å²) < 4.78 is 13.4. The van der Waals surface area contributed by atoms with Gasteiger partial charge in [-0.25, -0.2) is 0 Å². The van der Waals surface area contributed by atoms with Crippen LogP contribution >= 0.6 is 0 Å². The molecule has 0 radical (unpaired) electrons. The number of rotatable bonds is 8. The third-order valence-corrected chi connectivity index (χ3v) is 6.87. The van der Waals surface area contributed by atoms with Crippen LogP contribution in [0.15, 0.2) is 6.20 Å². The first kappa shape index (κ1) is 22.6. The molecule has 1 amide bonds. The number of carbonyl (C=O) groups is 1. The van der Waals surface area contributed by atoms with Gasteiger partial charge >= 0.3 is 0 Å². The fraction of sp³-hybridized carbons (Fsp3) is 0.864. The van der Waals surface area contributed by atoms with Crippen molar-refractivity contribution >= 4 is 5.91 Å². The van der Waals surface area contributed by atoms with Crippen molar-refractivity contribution in [3.05, 3.63) is 11.9 Å². The van der Waals surface area contributed by atoms with Crippen molar-refractivity contribution in [1.82, 2.24) is 25.2 Å². The van der Waals surface area contributed by atoms with Crippen LogP contribution in [0.3, 0.4) is 0 Å². The van der Waals surface area contributed by atoms with E-state index in [2.05, 4.69) is 26.7 Å². The van der Waals surface area contributed by atoms with Gasteiger partial charge in [0.25, 0.3) is 0 Å². The van der Waals surface area contributed by atoms with Gasteiger partial charge in [0.05, 0.1) is 44.2 Å². The third kappa shape index (κ3) is 6.47. The molecule has 3 aliphatic rings. The van der Waals surface area contributed by atoms with Gasteiger partial charge in [0.15, 0.2) is 0 Å². The maximum absolute atomic E-state index is 12.4. The third-order valence-electron chi connectivity index (χ3n) is 6.87. The van der Waals surface area contributed by atoms with E-state index in [0.717, 1.165) is 44.6 Å². The van der Waals surface area contributed by atoms with Crippen LogP contribution < -0.4 is 5.32 Å². The minimum absolute atomic E-state index is 0.00902. The Morgan fingerprint density at radius 2 is 1.97 bits per heavy atom. The standard InChI is InChI=1S/C22H37N5O4/c28-16-21-19(23-22(29)15-26-10-12-30-13-11-26)7-6-18(31-21)8-9-27-14-20(24-25-27)17-4-2-1-3-5-17/h14,17-19,21,28H,1-13,15-16H2,(H,23,29)/t18-,19-,21+/m0/s1. The van der Waals surface area contributed by atoms with Gasteiger partial charge in [-0.1, -0.05) is 24.5 Å². The molecule has 0 bridgehead atoms. The van der Waals surface area contributed by atoms with Crippen LogP contribution in [-0.4, -0.2) is 88.6 Å². The molecule has 2 aliphatic heterocycles. The molecule has 3 heterocycles. The van der Waals surface area contributed by atoms with Gasteiger partial charge in [-0.2, -0.15) is 0 Å².